The number of aryl methyl sites for hydroxylation is 1. The first kappa shape index (κ1) is 18.4. The van der Waals surface area contributed by atoms with Crippen molar-refractivity contribution < 1.29 is 9.53 Å². The Morgan fingerprint density at radius 2 is 2.04 bits per heavy atom. The molecule has 0 aromatic heterocycles. The van der Waals surface area contributed by atoms with E-state index in [1.807, 2.05) is 61.5 Å². The highest BCUT2D eigenvalue weighted by Crippen LogP contribution is 2.18. The SMILES string of the molecule is C=CCc1ccccc1OCC#CCNC(=O)Cc1cccc(C)c1. The summed E-state index contributed by atoms with van der Waals surface area (Å²) in [5.41, 5.74) is 3.25. The van der Waals surface area contributed by atoms with Gasteiger partial charge in [-0.3, -0.25) is 4.79 Å². The molecule has 0 heterocycles. The van der Waals surface area contributed by atoms with E-state index in [1.165, 1.54) is 0 Å². The lowest BCUT2D eigenvalue weighted by Crippen LogP contribution is -2.25. The predicted octanol–water partition coefficient (Wildman–Crippen LogP) is 3.46. The zero-order chi connectivity index (χ0) is 17.9. The Hall–Kier alpha value is -2.99. The Bertz CT molecular complexity index is 784. The van der Waals surface area contributed by atoms with Gasteiger partial charge in [-0.2, -0.15) is 0 Å². The van der Waals surface area contributed by atoms with Gasteiger partial charge in [-0.1, -0.05) is 65.9 Å². The van der Waals surface area contributed by atoms with E-state index in [4.69, 9.17) is 4.74 Å². The lowest BCUT2D eigenvalue weighted by Gasteiger charge is -2.07. The second-order valence-corrected chi connectivity index (χ2v) is 5.69. The molecule has 0 aliphatic heterocycles. The van der Waals surface area contributed by atoms with Crippen molar-refractivity contribution in [2.75, 3.05) is 13.2 Å². The third-order valence-corrected chi connectivity index (χ3v) is 3.58. The summed E-state index contributed by atoms with van der Waals surface area (Å²) < 4.78 is 5.67. The fourth-order valence-electron chi connectivity index (χ4n) is 2.41. The van der Waals surface area contributed by atoms with Crippen LogP contribution in [-0.4, -0.2) is 19.1 Å². The zero-order valence-corrected chi connectivity index (χ0v) is 14.5. The van der Waals surface area contributed by atoms with Gasteiger partial charge in [-0.05, 0) is 30.5 Å². The first-order chi connectivity index (χ1) is 12.2. The number of carbonyl (C=O) groups is 1. The Balaban J connectivity index is 1.72. The molecule has 128 valence electrons. The van der Waals surface area contributed by atoms with E-state index in [2.05, 4.69) is 23.7 Å². The smallest absolute Gasteiger partial charge is 0.225 e. The molecule has 0 unspecified atom stereocenters. The van der Waals surface area contributed by atoms with Gasteiger partial charge in [0.2, 0.25) is 5.91 Å². The second kappa shape index (κ2) is 10.00. The predicted molar refractivity (Wildman–Crippen MR) is 102 cm³/mol. The van der Waals surface area contributed by atoms with Gasteiger partial charge in [0.15, 0.2) is 0 Å². The molecule has 0 atom stereocenters. The molecule has 1 amide bonds. The lowest BCUT2D eigenvalue weighted by molar-refractivity contribution is -0.120. The molecule has 1 N–H and O–H groups in total. The molecule has 0 aliphatic rings. The zero-order valence-electron chi connectivity index (χ0n) is 14.5. The highest BCUT2D eigenvalue weighted by molar-refractivity contribution is 5.78. The van der Waals surface area contributed by atoms with Crippen LogP contribution in [0.3, 0.4) is 0 Å². The van der Waals surface area contributed by atoms with Crippen LogP contribution in [0.2, 0.25) is 0 Å². The largest absolute Gasteiger partial charge is 0.481 e. The standard InChI is InChI=1S/C22H23NO2/c1-3-9-20-12-4-5-13-21(20)25-15-7-6-14-23-22(24)17-19-11-8-10-18(2)16-19/h3-5,8,10-13,16H,1,9,14-15,17H2,2H3,(H,23,24). The van der Waals surface area contributed by atoms with Crippen molar-refractivity contribution in [3.63, 3.8) is 0 Å². The van der Waals surface area contributed by atoms with Crippen LogP contribution in [0.5, 0.6) is 5.75 Å². The highest BCUT2D eigenvalue weighted by atomic mass is 16.5. The number of allylic oxidation sites excluding steroid dienone is 1. The number of nitrogens with one attached hydrogen (secondary N) is 1. The summed E-state index contributed by atoms with van der Waals surface area (Å²) in [6, 6.07) is 15.8. The summed E-state index contributed by atoms with van der Waals surface area (Å²) in [6.07, 6.45) is 2.98. The van der Waals surface area contributed by atoms with E-state index in [9.17, 15) is 4.79 Å². The molecule has 0 fully saturated rings. The number of ether oxygens (including phenoxy) is 1. The maximum Gasteiger partial charge on any atom is 0.225 e. The fourth-order valence-corrected chi connectivity index (χ4v) is 2.41. The molecule has 3 heteroatoms. The molecule has 0 radical (unpaired) electrons. The molecule has 0 bridgehead atoms. The van der Waals surface area contributed by atoms with E-state index in [1.54, 1.807) is 0 Å². The van der Waals surface area contributed by atoms with Crippen molar-refractivity contribution in [1.29, 1.82) is 0 Å². The average Bonchev–Trinajstić information content (AvgIpc) is 2.59. The van der Waals surface area contributed by atoms with Crippen molar-refractivity contribution in [3.8, 4) is 17.6 Å². The summed E-state index contributed by atoms with van der Waals surface area (Å²) in [7, 11) is 0. The van der Waals surface area contributed by atoms with Crippen LogP contribution < -0.4 is 10.1 Å². The van der Waals surface area contributed by atoms with E-state index in [0.29, 0.717) is 19.6 Å². The number of carbonyl (C=O) groups excluding carboxylic acids is 1. The summed E-state index contributed by atoms with van der Waals surface area (Å²) in [6.45, 7) is 6.37. The molecule has 3 nitrogen and oxygen atoms in total. The van der Waals surface area contributed by atoms with Gasteiger partial charge in [0.1, 0.15) is 12.4 Å². The third-order valence-electron chi connectivity index (χ3n) is 3.58. The normalized spacial score (nSPS) is 9.64. The monoisotopic (exact) mass is 333 g/mol. The van der Waals surface area contributed by atoms with Gasteiger partial charge >= 0.3 is 0 Å². The first-order valence-corrected chi connectivity index (χ1v) is 8.28. The van der Waals surface area contributed by atoms with Crippen LogP contribution in [0.15, 0.2) is 61.2 Å². The number of rotatable bonds is 7. The topological polar surface area (TPSA) is 38.3 Å². The minimum absolute atomic E-state index is 0.0304. The Labute approximate surface area is 149 Å². The lowest BCUT2D eigenvalue weighted by atomic mass is 10.1. The van der Waals surface area contributed by atoms with Gasteiger partial charge in [0.05, 0.1) is 13.0 Å². The van der Waals surface area contributed by atoms with Crippen molar-refractivity contribution >= 4 is 5.91 Å². The van der Waals surface area contributed by atoms with Crippen LogP contribution in [0.4, 0.5) is 0 Å². The molecule has 2 aromatic rings. The van der Waals surface area contributed by atoms with Crippen LogP contribution in [0.25, 0.3) is 0 Å². The summed E-state index contributed by atoms with van der Waals surface area (Å²) in [5.74, 6) is 6.62. The molecular formula is C22H23NO2. The van der Waals surface area contributed by atoms with Gasteiger partial charge in [-0.15, -0.1) is 6.58 Å². The van der Waals surface area contributed by atoms with Crippen molar-refractivity contribution in [2.24, 2.45) is 0 Å². The number of benzene rings is 2. The van der Waals surface area contributed by atoms with Gasteiger partial charge in [0, 0.05) is 0 Å². The Morgan fingerprint density at radius 1 is 1.20 bits per heavy atom. The Morgan fingerprint density at radius 3 is 2.84 bits per heavy atom. The summed E-state index contributed by atoms with van der Waals surface area (Å²) >= 11 is 0. The maximum atomic E-state index is 11.9. The number of hydrogen-bond acceptors (Lipinski definition) is 2. The van der Waals surface area contributed by atoms with Crippen molar-refractivity contribution in [3.05, 3.63) is 77.9 Å². The van der Waals surface area contributed by atoms with Gasteiger partial charge in [-0.25, -0.2) is 0 Å². The average molecular weight is 333 g/mol. The number of para-hydroxylation sites is 1. The highest BCUT2D eigenvalue weighted by Gasteiger charge is 2.02. The summed E-state index contributed by atoms with van der Waals surface area (Å²) in [5, 5.41) is 2.80. The molecule has 0 spiro atoms. The molecular weight excluding hydrogens is 310 g/mol. The quantitative estimate of drug-likeness (QED) is 0.622. The second-order valence-electron chi connectivity index (χ2n) is 5.69. The summed E-state index contributed by atoms with van der Waals surface area (Å²) in [4.78, 5) is 11.9. The molecule has 2 rings (SSSR count). The van der Waals surface area contributed by atoms with Crippen LogP contribution in [-0.2, 0) is 17.6 Å². The minimum Gasteiger partial charge on any atom is -0.481 e. The van der Waals surface area contributed by atoms with E-state index >= 15 is 0 Å². The van der Waals surface area contributed by atoms with E-state index in [-0.39, 0.29) is 5.91 Å². The van der Waals surface area contributed by atoms with Crippen LogP contribution >= 0.6 is 0 Å². The maximum absolute atomic E-state index is 11.9. The molecule has 0 saturated heterocycles. The van der Waals surface area contributed by atoms with E-state index in [0.717, 1.165) is 28.9 Å². The molecule has 25 heavy (non-hydrogen) atoms. The van der Waals surface area contributed by atoms with E-state index < -0.39 is 0 Å². The fraction of sp³-hybridized carbons (Fsp3) is 0.227. The van der Waals surface area contributed by atoms with Gasteiger partial charge in [0.25, 0.3) is 0 Å². The molecule has 2 aromatic carbocycles. The molecule has 0 aliphatic carbocycles. The number of hydrogen-bond donors (Lipinski definition) is 1. The minimum atomic E-state index is -0.0304. The third kappa shape index (κ3) is 6.56. The molecule has 0 saturated carbocycles. The van der Waals surface area contributed by atoms with Crippen molar-refractivity contribution in [1.82, 2.24) is 5.32 Å². The Kier molecular flexibility index (Phi) is 7.34. The van der Waals surface area contributed by atoms with Crippen LogP contribution in [0.1, 0.15) is 16.7 Å². The number of amides is 1. The van der Waals surface area contributed by atoms with Gasteiger partial charge < -0.3 is 10.1 Å². The van der Waals surface area contributed by atoms with Crippen LogP contribution in [0, 0.1) is 18.8 Å². The first-order valence-electron chi connectivity index (χ1n) is 8.28. The van der Waals surface area contributed by atoms with Crippen molar-refractivity contribution in [2.45, 2.75) is 19.8 Å².